The van der Waals surface area contributed by atoms with Gasteiger partial charge in [0.2, 0.25) is 0 Å². The smallest absolute Gasteiger partial charge is 0.164 e. The minimum Gasteiger partial charge on any atom is -0.454 e. The van der Waals surface area contributed by atoms with Crippen LogP contribution in [0, 0.1) is 0 Å². The summed E-state index contributed by atoms with van der Waals surface area (Å²) in [6, 6.07) is 63.9. The minimum absolute atomic E-state index is 0.173. The molecule has 12 rings (SSSR count). The molecule has 0 amide bonds. The molecule has 11 aromatic rings. The third-order valence-electron chi connectivity index (χ3n) is 12.3. The van der Waals surface area contributed by atoms with Crippen molar-refractivity contribution in [3.63, 3.8) is 0 Å². The van der Waals surface area contributed by atoms with Gasteiger partial charge in [0.05, 0.1) is 16.7 Å². The Hall–Kier alpha value is -7.63. The maximum Gasteiger partial charge on any atom is 0.164 e. The highest BCUT2D eigenvalue weighted by Crippen LogP contribution is 2.53. The Labute approximate surface area is 340 Å². The molecule has 0 saturated carbocycles. The fraction of sp³-hybridized carbons (Fsp3) is 0.0556. The van der Waals surface area contributed by atoms with Crippen LogP contribution in [0.15, 0.2) is 186 Å². The van der Waals surface area contributed by atoms with E-state index in [2.05, 4.69) is 152 Å². The van der Waals surface area contributed by atoms with Gasteiger partial charge in [0, 0.05) is 43.7 Å². The SMILES string of the molecule is CC1(C)c2ccccc2-c2ccc3c(c21)c1ccccc1n3-c1ccc(-c2nc(-c3ccccc3)nc(-c3ccc(-c4ccccc4)cc3)n2)c2c1oc1ccccc12. The van der Waals surface area contributed by atoms with E-state index in [4.69, 9.17) is 19.4 Å². The molecule has 0 N–H and O–H groups in total. The van der Waals surface area contributed by atoms with Crippen molar-refractivity contribution in [1.29, 1.82) is 0 Å². The van der Waals surface area contributed by atoms with Gasteiger partial charge in [-0.3, -0.25) is 0 Å². The molecule has 278 valence electrons. The van der Waals surface area contributed by atoms with Crippen molar-refractivity contribution in [3.05, 3.63) is 193 Å². The number of para-hydroxylation sites is 2. The summed E-state index contributed by atoms with van der Waals surface area (Å²) in [5.74, 6) is 1.81. The second kappa shape index (κ2) is 12.7. The molecule has 59 heavy (non-hydrogen) atoms. The van der Waals surface area contributed by atoms with Crippen LogP contribution in [-0.2, 0) is 5.41 Å². The van der Waals surface area contributed by atoms with Gasteiger partial charge in [0.25, 0.3) is 0 Å². The summed E-state index contributed by atoms with van der Waals surface area (Å²) in [5.41, 5.74) is 15.0. The van der Waals surface area contributed by atoms with Crippen LogP contribution in [-0.4, -0.2) is 19.5 Å². The number of benzene rings is 8. The molecule has 0 atom stereocenters. The number of hydrogen-bond acceptors (Lipinski definition) is 4. The third-order valence-corrected chi connectivity index (χ3v) is 12.3. The predicted molar refractivity (Wildman–Crippen MR) is 241 cm³/mol. The zero-order chi connectivity index (χ0) is 39.2. The Morgan fingerprint density at radius 1 is 0.424 bits per heavy atom. The summed E-state index contributed by atoms with van der Waals surface area (Å²) < 4.78 is 9.33. The monoisotopic (exact) mass is 756 g/mol. The van der Waals surface area contributed by atoms with Crippen LogP contribution in [0.1, 0.15) is 25.0 Å². The Morgan fingerprint density at radius 2 is 1.00 bits per heavy atom. The second-order valence-electron chi connectivity index (χ2n) is 16.0. The van der Waals surface area contributed by atoms with Gasteiger partial charge in [-0.2, -0.15) is 0 Å². The minimum atomic E-state index is -0.173. The van der Waals surface area contributed by atoms with Crippen LogP contribution in [0.2, 0.25) is 0 Å². The van der Waals surface area contributed by atoms with E-state index >= 15 is 0 Å². The Balaban J connectivity index is 1.10. The van der Waals surface area contributed by atoms with E-state index in [9.17, 15) is 0 Å². The average molecular weight is 757 g/mol. The summed E-state index contributed by atoms with van der Waals surface area (Å²) in [6.45, 7) is 4.72. The fourth-order valence-electron chi connectivity index (χ4n) is 9.55. The summed E-state index contributed by atoms with van der Waals surface area (Å²) in [6.07, 6.45) is 0. The van der Waals surface area contributed by atoms with Crippen molar-refractivity contribution in [2.24, 2.45) is 0 Å². The van der Waals surface area contributed by atoms with Crippen molar-refractivity contribution in [1.82, 2.24) is 19.5 Å². The molecular weight excluding hydrogens is 721 g/mol. The van der Waals surface area contributed by atoms with Gasteiger partial charge in [-0.25, -0.2) is 15.0 Å². The van der Waals surface area contributed by atoms with Gasteiger partial charge in [-0.05, 0) is 63.7 Å². The zero-order valence-electron chi connectivity index (χ0n) is 32.5. The molecule has 1 aliphatic rings. The highest BCUT2D eigenvalue weighted by atomic mass is 16.3. The van der Waals surface area contributed by atoms with Crippen molar-refractivity contribution >= 4 is 43.7 Å². The number of aromatic nitrogens is 4. The van der Waals surface area contributed by atoms with E-state index in [-0.39, 0.29) is 5.41 Å². The lowest BCUT2D eigenvalue weighted by Gasteiger charge is -2.22. The first kappa shape index (κ1) is 33.5. The lowest BCUT2D eigenvalue weighted by molar-refractivity contribution is 0.666. The normalized spacial score (nSPS) is 13.1. The van der Waals surface area contributed by atoms with E-state index < -0.39 is 0 Å². The predicted octanol–water partition coefficient (Wildman–Crippen LogP) is 13.8. The van der Waals surface area contributed by atoms with Crippen molar-refractivity contribution < 1.29 is 4.42 Å². The Morgan fingerprint density at radius 3 is 1.78 bits per heavy atom. The number of nitrogens with zero attached hydrogens (tertiary/aromatic N) is 4. The second-order valence-corrected chi connectivity index (χ2v) is 16.0. The number of fused-ring (bicyclic) bond motifs is 10. The van der Waals surface area contributed by atoms with E-state index in [1.807, 2.05) is 48.5 Å². The highest BCUT2D eigenvalue weighted by Gasteiger charge is 2.38. The van der Waals surface area contributed by atoms with Crippen LogP contribution in [0.25, 0.3) is 106 Å². The quantitative estimate of drug-likeness (QED) is 0.175. The van der Waals surface area contributed by atoms with Gasteiger partial charge in [-0.1, -0.05) is 166 Å². The highest BCUT2D eigenvalue weighted by molar-refractivity contribution is 6.18. The summed E-state index contributed by atoms with van der Waals surface area (Å²) in [7, 11) is 0. The standard InChI is InChI=1S/C54H36N4O/c1-54(2)42-22-12-9-19-37(42)38-29-31-44-48(49(38)54)39-20-10-13-23-43(39)58(44)45-32-30-41(47-40-21-11-14-24-46(40)59-50(45)47)53-56-51(35-17-7-4-8-18-35)55-52(57-53)36-27-25-34(26-28-36)33-15-5-3-6-16-33/h3-32H,1-2H3. The Bertz CT molecular complexity index is 3450. The third kappa shape index (κ3) is 5.01. The lowest BCUT2D eigenvalue weighted by atomic mass is 9.80. The van der Waals surface area contributed by atoms with Gasteiger partial charge >= 0.3 is 0 Å². The first-order valence-electron chi connectivity index (χ1n) is 20.1. The number of hydrogen-bond donors (Lipinski definition) is 0. The van der Waals surface area contributed by atoms with E-state index in [1.165, 1.54) is 33.0 Å². The molecule has 0 radical (unpaired) electrons. The fourth-order valence-corrected chi connectivity index (χ4v) is 9.55. The number of furan rings is 1. The molecule has 0 saturated heterocycles. The summed E-state index contributed by atoms with van der Waals surface area (Å²) in [4.78, 5) is 15.5. The maximum absolute atomic E-state index is 6.94. The number of rotatable bonds is 5. The molecule has 0 unspecified atom stereocenters. The molecular formula is C54H36N4O. The molecule has 0 aliphatic heterocycles. The molecule has 8 aromatic carbocycles. The lowest BCUT2D eigenvalue weighted by Crippen LogP contribution is -2.15. The van der Waals surface area contributed by atoms with Crippen LogP contribution in [0.4, 0.5) is 0 Å². The molecule has 0 spiro atoms. The van der Waals surface area contributed by atoms with Crippen LogP contribution >= 0.6 is 0 Å². The first-order valence-corrected chi connectivity index (χ1v) is 20.1. The van der Waals surface area contributed by atoms with Crippen molar-refractivity contribution in [3.8, 4) is 62.1 Å². The van der Waals surface area contributed by atoms with Crippen molar-refractivity contribution in [2.75, 3.05) is 0 Å². The molecule has 3 heterocycles. The van der Waals surface area contributed by atoms with Gasteiger partial charge in [0.15, 0.2) is 23.1 Å². The van der Waals surface area contributed by atoms with Crippen molar-refractivity contribution in [2.45, 2.75) is 19.3 Å². The van der Waals surface area contributed by atoms with Gasteiger partial charge in [-0.15, -0.1) is 0 Å². The molecule has 3 aromatic heterocycles. The Kier molecular flexibility index (Phi) is 7.20. The topological polar surface area (TPSA) is 56.7 Å². The van der Waals surface area contributed by atoms with E-state index in [1.54, 1.807) is 0 Å². The average Bonchev–Trinajstić information content (AvgIpc) is 3.92. The largest absolute Gasteiger partial charge is 0.454 e. The molecule has 5 nitrogen and oxygen atoms in total. The van der Waals surface area contributed by atoms with E-state index in [0.717, 1.165) is 66.5 Å². The molecule has 5 heteroatoms. The zero-order valence-corrected chi connectivity index (χ0v) is 32.5. The molecule has 0 bridgehead atoms. The first-order chi connectivity index (χ1) is 29.0. The van der Waals surface area contributed by atoms with E-state index in [0.29, 0.717) is 17.5 Å². The van der Waals surface area contributed by atoms with Crippen LogP contribution in [0.5, 0.6) is 0 Å². The van der Waals surface area contributed by atoms with Gasteiger partial charge < -0.3 is 8.98 Å². The maximum atomic E-state index is 6.94. The molecule has 1 aliphatic carbocycles. The van der Waals surface area contributed by atoms with Crippen LogP contribution in [0.3, 0.4) is 0 Å². The molecule has 0 fully saturated rings. The van der Waals surface area contributed by atoms with Crippen LogP contribution < -0.4 is 0 Å². The summed E-state index contributed by atoms with van der Waals surface area (Å²) in [5, 5.41) is 4.48. The van der Waals surface area contributed by atoms with Gasteiger partial charge in [0.1, 0.15) is 5.58 Å². The summed E-state index contributed by atoms with van der Waals surface area (Å²) >= 11 is 0.